The predicted molar refractivity (Wildman–Crippen MR) is 212 cm³/mol. The van der Waals surface area contributed by atoms with E-state index < -0.39 is 5.91 Å². The second kappa shape index (κ2) is 18.7. The highest BCUT2D eigenvalue weighted by Gasteiger charge is 2.21. The van der Waals surface area contributed by atoms with Crippen molar-refractivity contribution in [3.8, 4) is 11.3 Å². The first-order valence-electron chi connectivity index (χ1n) is 17.9. The van der Waals surface area contributed by atoms with Crippen LogP contribution >= 0.6 is 0 Å². The van der Waals surface area contributed by atoms with Crippen LogP contribution in [0.1, 0.15) is 47.9 Å². The Morgan fingerprint density at radius 3 is 2.25 bits per heavy atom. The molecule has 3 aromatic heterocycles. The smallest absolute Gasteiger partial charge is 0.249 e. The largest absolute Gasteiger partial charge is 0.384 e. The van der Waals surface area contributed by atoms with Gasteiger partial charge in [0.25, 0.3) is 0 Å². The molecule has 0 aliphatic heterocycles. The molecule has 3 aromatic carbocycles. The van der Waals surface area contributed by atoms with Gasteiger partial charge in [0.1, 0.15) is 11.3 Å². The highest BCUT2D eigenvalue weighted by Crippen LogP contribution is 2.32. The Morgan fingerprint density at radius 1 is 0.865 bits per heavy atom. The molecule has 0 aliphatic carbocycles. The van der Waals surface area contributed by atoms with Crippen LogP contribution in [0.25, 0.3) is 44.1 Å². The minimum absolute atomic E-state index is 0.428. The number of unbranched alkanes of at least 4 members (excludes halogenated alkanes) is 1. The first-order chi connectivity index (χ1) is 25.3. The Hall–Kier alpha value is -5.48. The predicted octanol–water partition coefficient (Wildman–Crippen LogP) is 6.82. The van der Waals surface area contributed by atoms with Crippen molar-refractivity contribution in [2.75, 3.05) is 53.2 Å². The van der Waals surface area contributed by atoms with Crippen LogP contribution in [0.5, 0.6) is 0 Å². The van der Waals surface area contributed by atoms with Crippen LogP contribution in [0.2, 0.25) is 0 Å². The molecule has 270 valence electrons. The normalized spacial score (nSPS) is 11.1. The Morgan fingerprint density at radius 2 is 1.56 bits per heavy atom. The van der Waals surface area contributed by atoms with Gasteiger partial charge in [0.15, 0.2) is 5.82 Å². The second-order valence-corrected chi connectivity index (χ2v) is 12.8. The summed E-state index contributed by atoms with van der Waals surface area (Å²) in [6.45, 7) is 5.95. The average Bonchev–Trinajstić information content (AvgIpc) is 3.52. The van der Waals surface area contributed by atoms with Gasteiger partial charge < -0.3 is 25.7 Å². The summed E-state index contributed by atoms with van der Waals surface area (Å²) in [5.74, 6) is 0.909. The summed E-state index contributed by atoms with van der Waals surface area (Å²) in [5.41, 5.74) is 18.9. The zero-order chi connectivity index (χ0) is 36.9. The monoisotopic (exact) mass is 699 g/mol. The minimum atomic E-state index is -0.437. The molecule has 0 saturated carbocycles. The van der Waals surface area contributed by atoms with E-state index in [9.17, 15) is 4.79 Å². The van der Waals surface area contributed by atoms with E-state index in [4.69, 9.17) is 26.2 Å². The van der Waals surface area contributed by atoms with Crippen LogP contribution < -0.4 is 11.5 Å². The Bertz CT molecular complexity index is 2170. The highest BCUT2D eigenvalue weighted by molar-refractivity contribution is 6.08. The van der Waals surface area contributed by atoms with Gasteiger partial charge in [0.2, 0.25) is 5.91 Å². The van der Waals surface area contributed by atoms with E-state index in [1.807, 2.05) is 79.7 Å². The number of fused-ring (bicyclic) bond motifs is 4. The number of aliphatic imine (C=N–C) groups is 2. The number of nitrogens with zero attached hydrogens (tertiary/aromatic N) is 7. The molecule has 0 aliphatic rings. The fourth-order valence-electron chi connectivity index (χ4n) is 6.35. The molecular weight excluding hydrogens is 651 g/mol. The number of carbonyl (C=O) groups excluding carboxylic acids is 1. The number of rotatable bonds is 15. The average molecular weight is 700 g/mol. The molecular formula is C41H49N9O2. The van der Waals surface area contributed by atoms with E-state index in [1.165, 1.54) is 0 Å². The molecule has 11 heteroatoms. The van der Waals surface area contributed by atoms with Crippen molar-refractivity contribution in [3.05, 3.63) is 95.8 Å². The van der Waals surface area contributed by atoms with Crippen LogP contribution in [0.3, 0.4) is 0 Å². The number of hydrogen-bond acceptors (Lipinski definition) is 9. The van der Waals surface area contributed by atoms with Crippen LogP contribution in [0, 0.1) is 0 Å². The molecule has 52 heavy (non-hydrogen) atoms. The number of nitrogens with two attached hydrogens (primary N) is 2. The Labute approximate surface area is 305 Å². The summed E-state index contributed by atoms with van der Waals surface area (Å²) < 4.78 is 7.62. The number of aromatic nitrogens is 4. The fraction of sp³-hybridized carbons (Fsp3) is 0.341. The lowest BCUT2D eigenvalue weighted by Gasteiger charge is -2.16. The number of aryl methyl sites for hydroxylation is 1. The van der Waals surface area contributed by atoms with Gasteiger partial charge in [-0.05, 0) is 70.9 Å². The van der Waals surface area contributed by atoms with Gasteiger partial charge >= 0.3 is 0 Å². The first kappa shape index (κ1) is 37.8. The zero-order valence-electron chi connectivity index (χ0n) is 30.7. The third-order valence-corrected chi connectivity index (χ3v) is 8.74. The van der Waals surface area contributed by atoms with E-state index >= 15 is 0 Å². The fourth-order valence-corrected chi connectivity index (χ4v) is 6.35. The van der Waals surface area contributed by atoms with Gasteiger partial charge in [0, 0.05) is 43.0 Å². The molecule has 6 rings (SSSR count). The van der Waals surface area contributed by atoms with Gasteiger partial charge in [-0.3, -0.25) is 4.79 Å². The van der Waals surface area contributed by atoms with Gasteiger partial charge in [-0.25, -0.2) is 24.9 Å². The summed E-state index contributed by atoms with van der Waals surface area (Å²) in [4.78, 5) is 37.3. The number of pyridine rings is 2. The molecule has 0 radical (unpaired) electrons. The van der Waals surface area contributed by atoms with Crippen LogP contribution in [0.15, 0.2) is 88.8 Å². The zero-order valence-corrected chi connectivity index (χ0v) is 30.7. The van der Waals surface area contributed by atoms with Gasteiger partial charge in [-0.1, -0.05) is 66.7 Å². The number of para-hydroxylation sites is 2. The standard InChI is InChI=1S/C33H32N6O2.C8H17N3/c1-41-20-18-27-38-30-31(23-14-6-8-17-26(23)37-32(30)34)39(27)19-10-9-15-24-28(33(35)40)22-13-5-7-16-25(22)36-29(24)21-11-3-2-4-12-21;1-4-9-8-10-6-5-7-11(2)3/h2-8,11-14,16-17H,9-10,15,18-20H2,1H3,(H2,34,37)(H2,35,40);4-7H2,1-3H3. The SMILES string of the molecule is CCN=C=NCCCN(C)C.COCCc1nc2c(N)nc3ccccc3c2n1CCCCc1c(-c2ccccc2)nc2ccccc2c1C(N)=O. The van der Waals surface area contributed by atoms with E-state index in [1.54, 1.807) is 7.11 Å². The highest BCUT2D eigenvalue weighted by atomic mass is 16.5. The van der Waals surface area contributed by atoms with Crippen LogP contribution in [-0.2, 0) is 24.1 Å². The number of anilines is 1. The van der Waals surface area contributed by atoms with E-state index in [0.717, 1.165) is 101 Å². The summed E-state index contributed by atoms with van der Waals surface area (Å²) in [6, 6.07) is 28.3. The van der Waals surface area contributed by atoms with Crippen LogP contribution in [0.4, 0.5) is 5.82 Å². The molecule has 0 fully saturated rings. The van der Waals surface area contributed by atoms with Crippen molar-refractivity contribution in [1.29, 1.82) is 0 Å². The lowest BCUT2D eigenvalue weighted by Crippen LogP contribution is -2.16. The molecule has 3 heterocycles. The lowest BCUT2D eigenvalue weighted by atomic mass is 9.93. The summed E-state index contributed by atoms with van der Waals surface area (Å²) in [5, 5.41) is 1.81. The molecule has 0 atom stereocenters. The number of ether oxygens (including phenoxy) is 1. The molecule has 1 amide bonds. The number of amides is 1. The van der Waals surface area contributed by atoms with Gasteiger partial charge in [-0.15, -0.1) is 0 Å². The number of benzene rings is 3. The number of primary amides is 1. The number of hydrogen-bond donors (Lipinski definition) is 2. The van der Waals surface area contributed by atoms with E-state index in [0.29, 0.717) is 30.8 Å². The number of carbonyl (C=O) groups is 1. The van der Waals surface area contributed by atoms with Crippen molar-refractivity contribution < 1.29 is 9.53 Å². The van der Waals surface area contributed by atoms with Crippen molar-refractivity contribution in [2.24, 2.45) is 15.7 Å². The summed E-state index contributed by atoms with van der Waals surface area (Å²) in [6.07, 6.45) is 4.07. The quantitative estimate of drug-likeness (QED) is 0.0882. The van der Waals surface area contributed by atoms with E-state index in [2.05, 4.69) is 50.6 Å². The minimum Gasteiger partial charge on any atom is -0.384 e. The number of methoxy groups -OCH3 is 1. The maximum atomic E-state index is 12.8. The molecule has 4 N–H and O–H groups in total. The van der Waals surface area contributed by atoms with Gasteiger partial charge in [0.05, 0.1) is 47.0 Å². The molecule has 0 spiro atoms. The second-order valence-electron chi connectivity index (χ2n) is 12.8. The Balaban J connectivity index is 0.000000413. The summed E-state index contributed by atoms with van der Waals surface area (Å²) in [7, 11) is 5.81. The molecule has 0 saturated heterocycles. The maximum Gasteiger partial charge on any atom is 0.249 e. The summed E-state index contributed by atoms with van der Waals surface area (Å²) >= 11 is 0. The van der Waals surface area contributed by atoms with E-state index in [-0.39, 0.29) is 0 Å². The maximum absolute atomic E-state index is 12.8. The molecule has 0 unspecified atom stereocenters. The van der Waals surface area contributed by atoms with Crippen LogP contribution in [-0.4, -0.2) is 83.8 Å². The topological polar surface area (TPSA) is 150 Å². The molecule has 11 nitrogen and oxygen atoms in total. The number of imidazole rings is 1. The first-order valence-corrected chi connectivity index (χ1v) is 17.9. The number of nitrogen functional groups attached to an aromatic ring is 1. The third-order valence-electron chi connectivity index (χ3n) is 8.74. The van der Waals surface area contributed by atoms with Crippen molar-refractivity contribution in [3.63, 3.8) is 0 Å². The molecule has 6 aromatic rings. The lowest BCUT2D eigenvalue weighted by molar-refractivity contribution is 0.100. The van der Waals surface area contributed by atoms with Crippen molar-refractivity contribution >= 4 is 50.6 Å². The third kappa shape index (κ3) is 9.24. The molecule has 0 bridgehead atoms. The van der Waals surface area contributed by atoms with Crippen molar-refractivity contribution in [1.82, 2.24) is 24.4 Å². The van der Waals surface area contributed by atoms with Gasteiger partial charge in [-0.2, -0.15) is 0 Å². The van der Waals surface area contributed by atoms with Crippen molar-refractivity contribution in [2.45, 2.75) is 45.6 Å². The Kier molecular flexibility index (Phi) is 13.6.